The van der Waals surface area contributed by atoms with Crippen LogP contribution in [0.15, 0.2) is 42.7 Å². The zero-order valence-electron chi connectivity index (χ0n) is 9.97. The highest BCUT2D eigenvalue weighted by molar-refractivity contribution is 5.95. The fraction of sp³-hybridized carbons (Fsp3) is 0.286. The second-order valence-corrected chi connectivity index (χ2v) is 4.07. The second kappa shape index (κ2) is 5.43. The Labute approximate surface area is 101 Å². The number of aromatic nitrogens is 2. The monoisotopic (exact) mass is 228 g/mol. The van der Waals surface area contributed by atoms with Crippen LogP contribution in [-0.2, 0) is 13.0 Å². The molecule has 2 rings (SSSR count). The van der Waals surface area contributed by atoms with Gasteiger partial charge in [-0.05, 0) is 18.1 Å². The summed E-state index contributed by atoms with van der Waals surface area (Å²) in [6.45, 7) is 2.46. The predicted octanol–water partition coefficient (Wildman–Crippen LogP) is 2.72. The molecule has 0 aliphatic carbocycles. The van der Waals surface area contributed by atoms with E-state index in [4.69, 9.17) is 0 Å². The molecule has 1 aromatic carbocycles. The Morgan fingerprint density at radius 2 is 2.06 bits per heavy atom. The predicted molar refractivity (Wildman–Crippen MR) is 67.0 cm³/mol. The molecule has 0 saturated heterocycles. The van der Waals surface area contributed by atoms with Crippen LogP contribution in [0.5, 0.6) is 0 Å². The lowest BCUT2D eigenvalue weighted by atomic mass is 10.1. The number of nitrogens with zero attached hydrogens (tertiary/aromatic N) is 2. The van der Waals surface area contributed by atoms with Crippen molar-refractivity contribution in [3.8, 4) is 0 Å². The summed E-state index contributed by atoms with van der Waals surface area (Å²) in [7, 11) is 0. The van der Waals surface area contributed by atoms with Crippen LogP contribution in [0, 0.1) is 0 Å². The van der Waals surface area contributed by atoms with E-state index in [0.29, 0.717) is 6.54 Å². The number of carbonyl (C=O) groups is 1. The Morgan fingerprint density at radius 1 is 1.29 bits per heavy atom. The Kier molecular flexibility index (Phi) is 3.70. The maximum Gasteiger partial charge on any atom is 0.184 e. The van der Waals surface area contributed by atoms with Crippen LogP contribution in [0.3, 0.4) is 0 Å². The van der Waals surface area contributed by atoms with Gasteiger partial charge in [-0.2, -0.15) is 5.10 Å². The molecule has 0 radical (unpaired) electrons. The number of aryl methyl sites for hydroxylation is 1. The van der Waals surface area contributed by atoms with Crippen LogP contribution in [-0.4, -0.2) is 15.6 Å². The van der Waals surface area contributed by atoms with Gasteiger partial charge in [0.15, 0.2) is 5.78 Å². The standard InChI is InChI=1S/C14H16N2O/c1-2-4-12-5-7-13(8-6-12)14(17)11-16-10-3-9-15-16/h3,5-10H,2,4,11H2,1H3. The molecule has 0 spiro atoms. The first-order chi connectivity index (χ1) is 8.29. The Bertz CT molecular complexity index is 471. The van der Waals surface area contributed by atoms with Crippen LogP contribution < -0.4 is 0 Å². The number of ketones is 1. The molecule has 0 aliphatic heterocycles. The van der Waals surface area contributed by atoms with Crippen LogP contribution in [0.1, 0.15) is 29.3 Å². The second-order valence-electron chi connectivity index (χ2n) is 4.07. The average Bonchev–Trinajstić information content (AvgIpc) is 2.83. The quantitative estimate of drug-likeness (QED) is 0.737. The van der Waals surface area contributed by atoms with Crippen molar-refractivity contribution < 1.29 is 4.79 Å². The Hall–Kier alpha value is -1.90. The Morgan fingerprint density at radius 3 is 2.65 bits per heavy atom. The van der Waals surface area contributed by atoms with Gasteiger partial charge in [0.25, 0.3) is 0 Å². The summed E-state index contributed by atoms with van der Waals surface area (Å²) in [5, 5.41) is 4.02. The van der Waals surface area contributed by atoms with E-state index in [1.54, 1.807) is 17.1 Å². The minimum absolute atomic E-state index is 0.0942. The van der Waals surface area contributed by atoms with E-state index in [-0.39, 0.29) is 5.78 Å². The van der Waals surface area contributed by atoms with E-state index in [1.165, 1.54) is 5.56 Å². The molecule has 0 aliphatic rings. The summed E-state index contributed by atoms with van der Waals surface area (Å²) in [5.74, 6) is 0.0942. The van der Waals surface area contributed by atoms with Gasteiger partial charge in [-0.3, -0.25) is 9.48 Å². The fourth-order valence-electron chi connectivity index (χ4n) is 1.78. The molecule has 0 fully saturated rings. The lowest BCUT2D eigenvalue weighted by Gasteiger charge is -2.03. The normalized spacial score (nSPS) is 10.4. The maximum absolute atomic E-state index is 11.9. The zero-order valence-corrected chi connectivity index (χ0v) is 9.97. The van der Waals surface area contributed by atoms with E-state index in [1.807, 2.05) is 30.3 Å². The van der Waals surface area contributed by atoms with Crippen LogP contribution in [0.4, 0.5) is 0 Å². The number of carbonyl (C=O) groups excluding carboxylic acids is 1. The highest BCUT2D eigenvalue weighted by Gasteiger charge is 2.06. The van der Waals surface area contributed by atoms with Crippen molar-refractivity contribution in [2.75, 3.05) is 0 Å². The Balaban J connectivity index is 2.04. The molecule has 1 aromatic heterocycles. The highest BCUT2D eigenvalue weighted by atomic mass is 16.1. The third-order valence-electron chi connectivity index (χ3n) is 2.68. The lowest BCUT2D eigenvalue weighted by molar-refractivity contribution is 0.0967. The summed E-state index contributed by atoms with van der Waals surface area (Å²) in [6, 6.07) is 9.67. The van der Waals surface area contributed by atoms with E-state index in [9.17, 15) is 4.79 Å². The summed E-state index contributed by atoms with van der Waals surface area (Å²) in [4.78, 5) is 11.9. The summed E-state index contributed by atoms with van der Waals surface area (Å²) >= 11 is 0. The largest absolute Gasteiger partial charge is 0.292 e. The van der Waals surface area contributed by atoms with Crippen molar-refractivity contribution in [3.05, 3.63) is 53.9 Å². The van der Waals surface area contributed by atoms with Crippen molar-refractivity contribution in [1.82, 2.24) is 9.78 Å². The number of rotatable bonds is 5. The summed E-state index contributed by atoms with van der Waals surface area (Å²) in [5.41, 5.74) is 2.03. The van der Waals surface area contributed by atoms with E-state index < -0.39 is 0 Å². The first-order valence-corrected chi connectivity index (χ1v) is 5.89. The van der Waals surface area contributed by atoms with Crippen molar-refractivity contribution in [1.29, 1.82) is 0 Å². The van der Waals surface area contributed by atoms with Gasteiger partial charge in [-0.1, -0.05) is 37.6 Å². The molecule has 2 aromatic rings. The molecule has 3 heteroatoms. The number of benzene rings is 1. The van der Waals surface area contributed by atoms with Gasteiger partial charge >= 0.3 is 0 Å². The van der Waals surface area contributed by atoms with Gasteiger partial charge in [0.1, 0.15) is 6.54 Å². The van der Waals surface area contributed by atoms with Crippen molar-refractivity contribution in [2.45, 2.75) is 26.3 Å². The molecule has 0 unspecified atom stereocenters. The first kappa shape index (κ1) is 11.6. The third-order valence-corrected chi connectivity index (χ3v) is 2.68. The number of hydrogen-bond acceptors (Lipinski definition) is 2. The van der Waals surface area contributed by atoms with Gasteiger partial charge in [0.2, 0.25) is 0 Å². The van der Waals surface area contributed by atoms with Gasteiger partial charge in [-0.25, -0.2) is 0 Å². The van der Waals surface area contributed by atoms with E-state index >= 15 is 0 Å². The average molecular weight is 228 g/mol. The molecular weight excluding hydrogens is 212 g/mol. The van der Waals surface area contributed by atoms with Crippen LogP contribution in [0.25, 0.3) is 0 Å². The fourth-order valence-corrected chi connectivity index (χ4v) is 1.78. The number of hydrogen-bond donors (Lipinski definition) is 0. The van der Waals surface area contributed by atoms with Crippen molar-refractivity contribution in [3.63, 3.8) is 0 Å². The van der Waals surface area contributed by atoms with E-state index in [0.717, 1.165) is 18.4 Å². The van der Waals surface area contributed by atoms with Crippen LogP contribution in [0.2, 0.25) is 0 Å². The molecule has 3 nitrogen and oxygen atoms in total. The van der Waals surface area contributed by atoms with Crippen molar-refractivity contribution >= 4 is 5.78 Å². The molecule has 0 N–H and O–H groups in total. The minimum atomic E-state index is 0.0942. The molecular formula is C14H16N2O. The van der Waals surface area contributed by atoms with Crippen molar-refractivity contribution in [2.24, 2.45) is 0 Å². The SMILES string of the molecule is CCCc1ccc(C(=O)Cn2cccn2)cc1. The molecule has 17 heavy (non-hydrogen) atoms. The molecule has 0 bridgehead atoms. The topological polar surface area (TPSA) is 34.9 Å². The van der Waals surface area contributed by atoms with E-state index in [2.05, 4.69) is 12.0 Å². The molecule has 1 heterocycles. The summed E-state index contributed by atoms with van der Waals surface area (Å²) < 4.78 is 1.64. The number of Topliss-reactive ketones (excluding diaryl/α,β-unsaturated/α-hetero) is 1. The first-order valence-electron chi connectivity index (χ1n) is 5.89. The molecule has 88 valence electrons. The smallest absolute Gasteiger partial charge is 0.184 e. The molecule has 0 atom stereocenters. The third kappa shape index (κ3) is 3.03. The van der Waals surface area contributed by atoms with Crippen LogP contribution >= 0.6 is 0 Å². The summed E-state index contributed by atoms with van der Waals surface area (Å²) in [6.07, 6.45) is 5.66. The van der Waals surface area contributed by atoms with Gasteiger partial charge in [-0.15, -0.1) is 0 Å². The molecule has 0 amide bonds. The van der Waals surface area contributed by atoms with Gasteiger partial charge in [0, 0.05) is 18.0 Å². The highest BCUT2D eigenvalue weighted by Crippen LogP contribution is 2.08. The van der Waals surface area contributed by atoms with Gasteiger partial charge < -0.3 is 0 Å². The zero-order chi connectivity index (χ0) is 12.1. The minimum Gasteiger partial charge on any atom is -0.292 e. The molecule has 0 saturated carbocycles. The lowest BCUT2D eigenvalue weighted by Crippen LogP contribution is -2.10. The van der Waals surface area contributed by atoms with Gasteiger partial charge in [0.05, 0.1) is 0 Å². The maximum atomic E-state index is 11.9.